The number of anilines is 1. The van der Waals surface area contributed by atoms with Crippen LogP contribution in [0.25, 0.3) is 0 Å². The predicted octanol–water partition coefficient (Wildman–Crippen LogP) is 0.390. The molecule has 54 valence electrons. The fourth-order valence-electron chi connectivity index (χ4n) is 0.729. The average Bonchev–Trinajstić information content (AvgIpc) is 2.14. The lowest BCUT2D eigenvalue weighted by atomic mass is 10.3. The zero-order valence-electron chi connectivity index (χ0n) is 6.05. The Balaban J connectivity index is 3.17. The molecule has 1 heterocycles. The molecule has 0 amide bonds. The van der Waals surface area contributed by atoms with Crippen LogP contribution < -0.4 is 5.73 Å². The zero-order valence-corrected chi connectivity index (χ0v) is 6.05. The number of nitrogen functional groups attached to an aromatic ring is 1. The lowest BCUT2D eigenvalue weighted by Crippen LogP contribution is -2.01. The number of hydrogen-bond acceptors (Lipinski definition) is 3. The number of nitrogens with zero attached hydrogens (tertiary/aromatic N) is 2. The molecule has 0 bridgehead atoms. The summed E-state index contributed by atoms with van der Waals surface area (Å²) in [5.41, 5.74) is 6.54. The first-order valence-corrected chi connectivity index (χ1v) is 2.95. The van der Waals surface area contributed by atoms with Crippen LogP contribution in [0.1, 0.15) is 12.6 Å². The van der Waals surface area contributed by atoms with E-state index in [0.717, 1.165) is 0 Å². The van der Waals surface area contributed by atoms with E-state index in [1.807, 2.05) is 0 Å². The number of nitrogens with two attached hydrogens (primary N) is 1. The molecule has 0 radical (unpaired) electrons. The minimum absolute atomic E-state index is 0.401. The fraction of sp³-hybridized carbons (Fsp3) is 0.333. The summed E-state index contributed by atoms with van der Waals surface area (Å²) in [5.74, 6) is 0.549. The number of hydrogen-bond donors (Lipinski definition) is 2. The van der Waals surface area contributed by atoms with Gasteiger partial charge in [-0.15, -0.1) is 0 Å². The highest BCUT2D eigenvalue weighted by Gasteiger charge is 2.04. The Morgan fingerprint density at radius 1 is 1.80 bits per heavy atom. The molecule has 1 rings (SSSR count). The molecular formula is C6H10N4. The Kier molecular flexibility index (Phi) is 1.45. The summed E-state index contributed by atoms with van der Waals surface area (Å²) in [6.45, 7) is 1.67. The first kappa shape index (κ1) is 6.80. The number of aryl methyl sites for hydroxylation is 1. The van der Waals surface area contributed by atoms with Gasteiger partial charge in [0.25, 0.3) is 0 Å². The van der Waals surface area contributed by atoms with Crippen LogP contribution in [0.5, 0.6) is 0 Å². The summed E-state index contributed by atoms with van der Waals surface area (Å²) < 4.78 is 1.69. The van der Waals surface area contributed by atoms with Crippen LogP contribution in [0.15, 0.2) is 6.33 Å². The van der Waals surface area contributed by atoms with Gasteiger partial charge in [-0.25, -0.2) is 4.98 Å². The molecule has 0 atom stereocenters. The van der Waals surface area contributed by atoms with E-state index in [4.69, 9.17) is 11.1 Å². The van der Waals surface area contributed by atoms with E-state index in [9.17, 15) is 0 Å². The van der Waals surface area contributed by atoms with E-state index in [1.165, 1.54) is 0 Å². The van der Waals surface area contributed by atoms with Gasteiger partial charge in [0.1, 0.15) is 11.5 Å². The third-order valence-electron chi connectivity index (χ3n) is 1.34. The van der Waals surface area contributed by atoms with Gasteiger partial charge < -0.3 is 15.7 Å². The third kappa shape index (κ3) is 0.877. The van der Waals surface area contributed by atoms with Gasteiger partial charge in [0.05, 0.1) is 12.0 Å². The quantitative estimate of drug-likeness (QED) is 0.551. The standard InChI is InChI=1S/C6H10N4/c1-4(7)5-6(8)10(2)3-9-5/h3,7H,8H2,1-2H3. The molecule has 0 saturated carbocycles. The van der Waals surface area contributed by atoms with Crippen molar-refractivity contribution in [3.8, 4) is 0 Å². The summed E-state index contributed by atoms with van der Waals surface area (Å²) >= 11 is 0. The van der Waals surface area contributed by atoms with E-state index in [2.05, 4.69) is 4.98 Å². The van der Waals surface area contributed by atoms with Crippen LogP contribution in [0.3, 0.4) is 0 Å². The highest BCUT2D eigenvalue weighted by Crippen LogP contribution is 2.07. The molecule has 0 unspecified atom stereocenters. The minimum atomic E-state index is 0.401. The van der Waals surface area contributed by atoms with E-state index in [1.54, 1.807) is 24.9 Å². The molecule has 0 fully saturated rings. The minimum Gasteiger partial charge on any atom is -0.383 e. The normalized spacial score (nSPS) is 9.80. The van der Waals surface area contributed by atoms with Crippen molar-refractivity contribution < 1.29 is 0 Å². The van der Waals surface area contributed by atoms with Crippen LogP contribution in [0, 0.1) is 5.41 Å². The van der Waals surface area contributed by atoms with Crippen molar-refractivity contribution in [3.63, 3.8) is 0 Å². The predicted molar refractivity (Wildman–Crippen MR) is 40.1 cm³/mol. The van der Waals surface area contributed by atoms with Crippen LogP contribution in [0.4, 0.5) is 5.82 Å². The van der Waals surface area contributed by atoms with Crippen LogP contribution in [-0.4, -0.2) is 15.3 Å². The lowest BCUT2D eigenvalue weighted by Gasteiger charge is -1.95. The van der Waals surface area contributed by atoms with Crippen molar-refractivity contribution in [2.24, 2.45) is 7.05 Å². The molecule has 10 heavy (non-hydrogen) atoms. The summed E-state index contributed by atoms with van der Waals surface area (Å²) in [6, 6.07) is 0. The van der Waals surface area contributed by atoms with Crippen LogP contribution >= 0.6 is 0 Å². The maximum atomic E-state index is 7.23. The monoisotopic (exact) mass is 138 g/mol. The third-order valence-corrected chi connectivity index (χ3v) is 1.34. The van der Waals surface area contributed by atoms with Crippen molar-refractivity contribution in [2.75, 3.05) is 5.73 Å². The highest BCUT2D eigenvalue weighted by molar-refractivity contribution is 5.98. The van der Waals surface area contributed by atoms with Gasteiger partial charge in [-0.1, -0.05) is 0 Å². The molecule has 0 saturated heterocycles. The second kappa shape index (κ2) is 2.13. The highest BCUT2D eigenvalue weighted by atomic mass is 15.1. The Morgan fingerprint density at radius 3 is 2.60 bits per heavy atom. The van der Waals surface area contributed by atoms with Crippen molar-refractivity contribution in [3.05, 3.63) is 12.0 Å². The topological polar surface area (TPSA) is 67.7 Å². The number of aromatic nitrogens is 2. The lowest BCUT2D eigenvalue weighted by molar-refractivity contribution is 0.925. The van der Waals surface area contributed by atoms with Crippen molar-refractivity contribution in [1.82, 2.24) is 9.55 Å². The fourth-order valence-corrected chi connectivity index (χ4v) is 0.729. The molecule has 1 aromatic heterocycles. The first-order valence-electron chi connectivity index (χ1n) is 2.95. The molecule has 4 heteroatoms. The van der Waals surface area contributed by atoms with Crippen LogP contribution in [-0.2, 0) is 7.05 Å². The Morgan fingerprint density at radius 2 is 2.40 bits per heavy atom. The molecule has 0 aliphatic carbocycles. The summed E-state index contributed by atoms with van der Waals surface area (Å²) in [4.78, 5) is 3.93. The molecule has 0 aliphatic rings. The smallest absolute Gasteiger partial charge is 0.132 e. The average molecular weight is 138 g/mol. The van der Waals surface area contributed by atoms with E-state index in [-0.39, 0.29) is 0 Å². The van der Waals surface area contributed by atoms with Gasteiger partial charge in [-0.2, -0.15) is 0 Å². The van der Waals surface area contributed by atoms with E-state index < -0.39 is 0 Å². The Labute approximate surface area is 59.2 Å². The van der Waals surface area contributed by atoms with Gasteiger partial charge in [-0.05, 0) is 6.92 Å². The van der Waals surface area contributed by atoms with Gasteiger partial charge in [0.2, 0.25) is 0 Å². The molecule has 1 aromatic rings. The molecular weight excluding hydrogens is 128 g/mol. The van der Waals surface area contributed by atoms with Crippen molar-refractivity contribution in [1.29, 1.82) is 5.41 Å². The van der Waals surface area contributed by atoms with Gasteiger partial charge in [0.15, 0.2) is 0 Å². The summed E-state index contributed by atoms with van der Waals surface area (Å²) in [6.07, 6.45) is 1.60. The Bertz CT molecular complexity index is 261. The first-order chi connectivity index (χ1) is 4.63. The number of nitrogens with one attached hydrogen (secondary N) is 1. The maximum Gasteiger partial charge on any atom is 0.132 e. The maximum absolute atomic E-state index is 7.23. The summed E-state index contributed by atoms with van der Waals surface area (Å²) in [5, 5.41) is 7.23. The van der Waals surface area contributed by atoms with Crippen molar-refractivity contribution in [2.45, 2.75) is 6.92 Å². The Hall–Kier alpha value is -1.32. The number of rotatable bonds is 1. The van der Waals surface area contributed by atoms with E-state index >= 15 is 0 Å². The van der Waals surface area contributed by atoms with E-state index in [0.29, 0.717) is 17.2 Å². The van der Waals surface area contributed by atoms with Crippen LogP contribution in [0.2, 0.25) is 0 Å². The second-order valence-electron chi connectivity index (χ2n) is 2.21. The zero-order chi connectivity index (χ0) is 7.72. The second-order valence-corrected chi connectivity index (χ2v) is 2.21. The molecule has 4 nitrogen and oxygen atoms in total. The summed E-state index contributed by atoms with van der Waals surface area (Å²) in [7, 11) is 1.80. The molecule has 0 spiro atoms. The molecule has 3 N–H and O–H groups in total. The van der Waals surface area contributed by atoms with Gasteiger partial charge in [0, 0.05) is 7.05 Å². The SMILES string of the molecule is CC(=N)c1ncn(C)c1N. The van der Waals surface area contributed by atoms with Crippen molar-refractivity contribution >= 4 is 11.5 Å². The largest absolute Gasteiger partial charge is 0.383 e. The molecule has 0 aromatic carbocycles. The van der Waals surface area contributed by atoms with Gasteiger partial charge in [-0.3, -0.25) is 0 Å². The van der Waals surface area contributed by atoms with Gasteiger partial charge >= 0.3 is 0 Å². The number of imidazole rings is 1. The molecule has 0 aliphatic heterocycles.